The van der Waals surface area contributed by atoms with Crippen molar-refractivity contribution in [3.05, 3.63) is 65.0 Å². The van der Waals surface area contributed by atoms with Crippen molar-refractivity contribution in [2.24, 2.45) is 5.92 Å². The van der Waals surface area contributed by atoms with Crippen LogP contribution in [-0.2, 0) is 12.8 Å². The van der Waals surface area contributed by atoms with Crippen molar-refractivity contribution >= 4 is 5.69 Å². The zero-order valence-electron chi connectivity index (χ0n) is 12.7. The van der Waals surface area contributed by atoms with Gasteiger partial charge in [-0.2, -0.15) is 0 Å². The van der Waals surface area contributed by atoms with Gasteiger partial charge in [-0.25, -0.2) is 4.39 Å². The molecule has 1 nitrogen and oxygen atoms in total. The second kappa shape index (κ2) is 5.88. The molecule has 1 N–H and O–H groups in total. The van der Waals surface area contributed by atoms with Gasteiger partial charge in [0.05, 0.1) is 0 Å². The molecule has 2 aromatic rings. The highest BCUT2D eigenvalue weighted by Crippen LogP contribution is 2.29. The Morgan fingerprint density at radius 2 is 1.90 bits per heavy atom. The molecule has 0 saturated heterocycles. The van der Waals surface area contributed by atoms with Crippen LogP contribution in [0, 0.1) is 11.7 Å². The first-order valence-corrected chi connectivity index (χ1v) is 7.73. The van der Waals surface area contributed by atoms with Gasteiger partial charge in [0.25, 0.3) is 0 Å². The fourth-order valence-corrected chi connectivity index (χ4v) is 3.05. The highest BCUT2D eigenvalue weighted by Gasteiger charge is 2.19. The van der Waals surface area contributed by atoms with Crippen molar-refractivity contribution in [1.29, 1.82) is 0 Å². The number of halogens is 1. The molecule has 1 atom stereocenters. The SMILES string of the molecule is CC(C)c1ccc2c(c1)CC(Cc1ccc(F)cc1)CN2. The van der Waals surface area contributed by atoms with Gasteiger partial charge in [-0.05, 0) is 59.6 Å². The molecule has 110 valence electrons. The summed E-state index contributed by atoms with van der Waals surface area (Å²) >= 11 is 0. The Bertz CT molecular complexity index is 616. The minimum absolute atomic E-state index is 0.160. The van der Waals surface area contributed by atoms with Crippen molar-refractivity contribution in [1.82, 2.24) is 0 Å². The van der Waals surface area contributed by atoms with Gasteiger partial charge in [-0.3, -0.25) is 0 Å². The Morgan fingerprint density at radius 1 is 1.14 bits per heavy atom. The Kier molecular flexibility index (Phi) is 3.96. The van der Waals surface area contributed by atoms with Crippen LogP contribution in [0.5, 0.6) is 0 Å². The van der Waals surface area contributed by atoms with Gasteiger partial charge in [-0.15, -0.1) is 0 Å². The lowest BCUT2D eigenvalue weighted by molar-refractivity contribution is 0.533. The van der Waals surface area contributed by atoms with Crippen LogP contribution in [0.15, 0.2) is 42.5 Å². The van der Waals surface area contributed by atoms with Crippen LogP contribution in [0.3, 0.4) is 0 Å². The molecule has 1 unspecified atom stereocenters. The van der Waals surface area contributed by atoms with Crippen LogP contribution in [0.4, 0.5) is 10.1 Å². The lowest BCUT2D eigenvalue weighted by Gasteiger charge is -2.27. The number of nitrogens with one attached hydrogen (secondary N) is 1. The monoisotopic (exact) mass is 283 g/mol. The molecular weight excluding hydrogens is 261 g/mol. The third-order valence-corrected chi connectivity index (χ3v) is 4.32. The summed E-state index contributed by atoms with van der Waals surface area (Å²) in [6.45, 7) is 5.45. The maximum Gasteiger partial charge on any atom is 0.123 e. The molecule has 2 heteroatoms. The van der Waals surface area contributed by atoms with Gasteiger partial charge in [-0.1, -0.05) is 38.1 Å². The molecule has 0 amide bonds. The number of rotatable bonds is 3. The van der Waals surface area contributed by atoms with Crippen LogP contribution in [0.1, 0.15) is 36.5 Å². The van der Waals surface area contributed by atoms with Crippen LogP contribution >= 0.6 is 0 Å². The fraction of sp³-hybridized carbons (Fsp3) is 0.368. The second-order valence-corrected chi connectivity index (χ2v) is 6.35. The Balaban J connectivity index is 1.74. The number of fused-ring (bicyclic) bond motifs is 1. The van der Waals surface area contributed by atoms with Gasteiger partial charge >= 0.3 is 0 Å². The van der Waals surface area contributed by atoms with Crippen LogP contribution < -0.4 is 5.32 Å². The van der Waals surface area contributed by atoms with Crippen LogP contribution in [-0.4, -0.2) is 6.54 Å². The van der Waals surface area contributed by atoms with Crippen LogP contribution in [0.25, 0.3) is 0 Å². The summed E-state index contributed by atoms with van der Waals surface area (Å²) in [6.07, 6.45) is 2.10. The van der Waals surface area contributed by atoms with Gasteiger partial charge in [0.1, 0.15) is 5.82 Å². The third kappa shape index (κ3) is 3.26. The molecule has 2 aromatic carbocycles. The zero-order chi connectivity index (χ0) is 14.8. The van der Waals surface area contributed by atoms with E-state index in [2.05, 4.69) is 37.4 Å². The van der Waals surface area contributed by atoms with E-state index in [1.54, 1.807) is 12.1 Å². The fourth-order valence-electron chi connectivity index (χ4n) is 3.05. The van der Waals surface area contributed by atoms with E-state index in [0.717, 1.165) is 19.4 Å². The molecule has 0 spiro atoms. The number of hydrogen-bond acceptors (Lipinski definition) is 1. The van der Waals surface area contributed by atoms with Crippen molar-refractivity contribution in [3.63, 3.8) is 0 Å². The summed E-state index contributed by atoms with van der Waals surface area (Å²) in [4.78, 5) is 0. The van der Waals surface area contributed by atoms with E-state index in [4.69, 9.17) is 0 Å². The highest BCUT2D eigenvalue weighted by molar-refractivity contribution is 5.55. The summed E-state index contributed by atoms with van der Waals surface area (Å²) in [5.41, 5.74) is 5.30. The average Bonchev–Trinajstić information content (AvgIpc) is 2.49. The number of anilines is 1. The first-order chi connectivity index (χ1) is 10.1. The van der Waals surface area contributed by atoms with Gasteiger partial charge in [0.15, 0.2) is 0 Å². The van der Waals surface area contributed by atoms with E-state index < -0.39 is 0 Å². The lowest BCUT2D eigenvalue weighted by atomic mass is 9.87. The van der Waals surface area contributed by atoms with E-state index in [9.17, 15) is 4.39 Å². The predicted molar refractivity (Wildman–Crippen MR) is 86.3 cm³/mol. The first kappa shape index (κ1) is 14.1. The van der Waals surface area contributed by atoms with Gasteiger partial charge < -0.3 is 5.32 Å². The molecular formula is C19H22FN. The summed E-state index contributed by atoms with van der Waals surface area (Å²) in [7, 11) is 0. The first-order valence-electron chi connectivity index (χ1n) is 7.73. The van der Waals surface area contributed by atoms with E-state index in [1.807, 2.05) is 12.1 Å². The second-order valence-electron chi connectivity index (χ2n) is 6.35. The molecule has 0 aromatic heterocycles. The maximum absolute atomic E-state index is 13.0. The standard InChI is InChI=1S/C19H22FN/c1-13(2)16-5-8-19-17(11-16)10-15(12-21-19)9-14-3-6-18(20)7-4-14/h3-8,11,13,15,21H,9-10,12H2,1-2H3. The molecule has 0 saturated carbocycles. The quantitative estimate of drug-likeness (QED) is 0.855. The molecule has 21 heavy (non-hydrogen) atoms. The van der Waals surface area contributed by atoms with E-state index in [0.29, 0.717) is 11.8 Å². The molecule has 1 aliphatic rings. The molecule has 0 fully saturated rings. The zero-order valence-corrected chi connectivity index (χ0v) is 12.7. The van der Waals surface area contributed by atoms with Gasteiger partial charge in [0, 0.05) is 12.2 Å². The topological polar surface area (TPSA) is 12.0 Å². The minimum atomic E-state index is -0.160. The lowest BCUT2D eigenvalue weighted by Crippen LogP contribution is -2.25. The number of benzene rings is 2. The van der Waals surface area contributed by atoms with Crippen molar-refractivity contribution < 1.29 is 4.39 Å². The summed E-state index contributed by atoms with van der Waals surface area (Å²) in [5.74, 6) is 0.977. The summed E-state index contributed by atoms with van der Waals surface area (Å²) in [6, 6.07) is 13.7. The third-order valence-electron chi connectivity index (χ3n) is 4.32. The largest absolute Gasteiger partial charge is 0.385 e. The van der Waals surface area contributed by atoms with Crippen molar-refractivity contribution in [2.45, 2.75) is 32.6 Å². The smallest absolute Gasteiger partial charge is 0.123 e. The number of hydrogen-bond donors (Lipinski definition) is 1. The highest BCUT2D eigenvalue weighted by atomic mass is 19.1. The maximum atomic E-state index is 13.0. The van der Waals surface area contributed by atoms with Crippen LogP contribution in [0.2, 0.25) is 0 Å². The van der Waals surface area contributed by atoms with Gasteiger partial charge in [0.2, 0.25) is 0 Å². The Labute approximate surface area is 126 Å². The molecule has 0 bridgehead atoms. The molecule has 3 rings (SSSR count). The normalized spacial score (nSPS) is 17.4. The summed E-state index contributed by atoms with van der Waals surface area (Å²) in [5, 5.41) is 3.54. The Hall–Kier alpha value is -1.83. The summed E-state index contributed by atoms with van der Waals surface area (Å²) < 4.78 is 13.0. The minimum Gasteiger partial charge on any atom is -0.385 e. The molecule has 0 radical (unpaired) electrons. The van der Waals surface area contributed by atoms with E-state index in [-0.39, 0.29) is 5.82 Å². The van der Waals surface area contributed by atoms with E-state index >= 15 is 0 Å². The van der Waals surface area contributed by atoms with Crippen molar-refractivity contribution in [2.75, 3.05) is 11.9 Å². The molecule has 1 aliphatic heterocycles. The molecule has 1 heterocycles. The molecule has 0 aliphatic carbocycles. The predicted octanol–water partition coefficient (Wildman–Crippen LogP) is 4.78. The van der Waals surface area contributed by atoms with Crippen molar-refractivity contribution in [3.8, 4) is 0 Å². The average molecular weight is 283 g/mol. The van der Waals surface area contributed by atoms with E-state index in [1.165, 1.54) is 22.4 Å². The Morgan fingerprint density at radius 3 is 2.62 bits per heavy atom.